The smallest absolute Gasteiger partial charge is 0.159 e. The second-order valence-corrected chi connectivity index (χ2v) is 4.47. The maximum Gasteiger partial charge on any atom is 0.159 e. The minimum Gasteiger partial charge on any atom is -0.388 e. The zero-order chi connectivity index (χ0) is 13.8. The van der Waals surface area contributed by atoms with E-state index in [0.717, 1.165) is 11.3 Å². The van der Waals surface area contributed by atoms with Crippen molar-refractivity contribution in [3.63, 3.8) is 0 Å². The molecule has 0 aliphatic rings. The molecule has 1 N–H and O–H groups in total. The molecule has 2 aromatic carbocycles. The summed E-state index contributed by atoms with van der Waals surface area (Å²) in [5.41, 5.74) is 1.74. The summed E-state index contributed by atoms with van der Waals surface area (Å²) in [4.78, 5) is 0. The summed E-state index contributed by atoms with van der Waals surface area (Å²) in [6, 6.07) is 19.1. The van der Waals surface area contributed by atoms with Gasteiger partial charge in [-0.2, -0.15) is 4.68 Å². The minimum absolute atomic E-state index is 0.367. The van der Waals surface area contributed by atoms with Crippen molar-refractivity contribution < 1.29 is 5.11 Å². The summed E-state index contributed by atoms with van der Waals surface area (Å²) in [7, 11) is 0. The highest BCUT2D eigenvalue weighted by Crippen LogP contribution is 2.17. The molecule has 20 heavy (non-hydrogen) atoms. The lowest BCUT2D eigenvalue weighted by atomic mass is 10.1. The summed E-state index contributed by atoms with van der Waals surface area (Å²) >= 11 is 0. The topological polar surface area (TPSA) is 63.8 Å². The molecule has 0 saturated carbocycles. The van der Waals surface area contributed by atoms with Crippen LogP contribution in [0.5, 0.6) is 0 Å². The van der Waals surface area contributed by atoms with E-state index in [4.69, 9.17) is 0 Å². The third-order valence-electron chi connectivity index (χ3n) is 3.10. The molecule has 0 amide bonds. The van der Waals surface area contributed by atoms with Gasteiger partial charge in [0.15, 0.2) is 5.82 Å². The van der Waals surface area contributed by atoms with E-state index in [1.165, 1.54) is 0 Å². The lowest BCUT2D eigenvalue weighted by molar-refractivity contribution is 0.175. The first-order valence-corrected chi connectivity index (χ1v) is 6.40. The number of aliphatic hydroxyl groups is 1. The van der Waals surface area contributed by atoms with Crippen molar-refractivity contribution in [2.24, 2.45) is 0 Å². The Morgan fingerprint density at radius 2 is 1.60 bits per heavy atom. The van der Waals surface area contributed by atoms with Gasteiger partial charge in [-0.1, -0.05) is 48.5 Å². The molecule has 1 unspecified atom stereocenters. The van der Waals surface area contributed by atoms with Crippen LogP contribution in [0.4, 0.5) is 0 Å². The average Bonchev–Trinajstić information content (AvgIpc) is 2.97. The third kappa shape index (κ3) is 2.57. The SMILES string of the molecule is OC(Cc1nnnn1-c1ccccc1)c1ccccc1. The Labute approximate surface area is 116 Å². The molecule has 5 nitrogen and oxygen atoms in total. The lowest BCUT2D eigenvalue weighted by Crippen LogP contribution is -2.09. The van der Waals surface area contributed by atoms with E-state index in [2.05, 4.69) is 15.5 Å². The second-order valence-electron chi connectivity index (χ2n) is 4.47. The van der Waals surface area contributed by atoms with Crippen LogP contribution in [0.25, 0.3) is 5.69 Å². The Morgan fingerprint density at radius 1 is 0.950 bits per heavy atom. The molecule has 0 bridgehead atoms. The van der Waals surface area contributed by atoms with Gasteiger partial charge < -0.3 is 5.11 Å². The fraction of sp³-hybridized carbons (Fsp3) is 0.133. The summed E-state index contributed by atoms with van der Waals surface area (Å²) in [5.74, 6) is 0.632. The Kier molecular flexibility index (Phi) is 3.52. The van der Waals surface area contributed by atoms with Gasteiger partial charge in [0, 0.05) is 6.42 Å². The normalized spacial score (nSPS) is 12.2. The molecule has 3 rings (SSSR count). The van der Waals surface area contributed by atoms with Gasteiger partial charge in [-0.15, -0.1) is 5.10 Å². The fourth-order valence-electron chi connectivity index (χ4n) is 2.07. The standard InChI is InChI=1S/C15H14N4O/c20-14(12-7-3-1-4-8-12)11-15-16-17-18-19(15)13-9-5-2-6-10-13/h1-10,14,20H,11H2. The van der Waals surface area contributed by atoms with Crippen LogP contribution in [-0.2, 0) is 6.42 Å². The Morgan fingerprint density at radius 3 is 2.30 bits per heavy atom. The van der Waals surface area contributed by atoms with Crippen LogP contribution < -0.4 is 0 Å². The molecule has 100 valence electrons. The van der Waals surface area contributed by atoms with Gasteiger partial charge in [0.05, 0.1) is 11.8 Å². The predicted molar refractivity (Wildman–Crippen MR) is 74.3 cm³/mol. The quantitative estimate of drug-likeness (QED) is 0.783. The van der Waals surface area contributed by atoms with Crippen LogP contribution in [0.3, 0.4) is 0 Å². The van der Waals surface area contributed by atoms with E-state index >= 15 is 0 Å². The maximum atomic E-state index is 10.3. The fourth-order valence-corrected chi connectivity index (χ4v) is 2.07. The van der Waals surface area contributed by atoms with Crippen molar-refractivity contribution in [3.8, 4) is 5.69 Å². The molecular formula is C15H14N4O. The molecule has 1 heterocycles. The zero-order valence-corrected chi connectivity index (χ0v) is 10.8. The van der Waals surface area contributed by atoms with Crippen molar-refractivity contribution in [1.29, 1.82) is 0 Å². The third-order valence-corrected chi connectivity index (χ3v) is 3.10. The average molecular weight is 266 g/mol. The number of benzene rings is 2. The Hall–Kier alpha value is -2.53. The molecule has 0 radical (unpaired) electrons. The molecule has 5 heteroatoms. The van der Waals surface area contributed by atoms with Gasteiger partial charge in [0.25, 0.3) is 0 Å². The van der Waals surface area contributed by atoms with E-state index in [-0.39, 0.29) is 0 Å². The van der Waals surface area contributed by atoms with Crippen molar-refractivity contribution in [2.75, 3.05) is 0 Å². The largest absolute Gasteiger partial charge is 0.388 e. The first-order chi connectivity index (χ1) is 9.84. The maximum absolute atomic E-state index is 10.3. The molecule has 1 atom stereocenters. The summed E-state index contributed by atoms with van der Waals surface area (Å²) in [5, 5.41) is 21.9. The molecule has 0 fully saturated rings. The van der Waals surface area contributed by atoms with E-state index in [1.807, 2.05) is 60.7 Å². The summed E-state index contributed by atoms with van der Waals surface area (Å²) < 4.78 is 1.64. The zero-order valence-electron chi connectivity index (χ0n) is 10.8. The summed E-state index contributed by atoms with van der Waals surface area (Å²) in [6.45, 7) is 0. The van der Waals surface area contributed by atoms with Crippen LogP contribution >= 0.6 is 0 Å². The van der Waals surface area contributed by atoms with Gasteiger partial charge >= 0.3 is 0 Å². The molecule has 0 spiro atoms. The van der Waals surface area contributed by atoms with E-state index in [9.17, 15) is 5.11 Å². The highest BCUT2D eigenvalue weighted by Gasteiger charge is 2.14. The molecule has 0 aliphatic heterocycles. The van der Waals surface area contributed by atoms with Crippen molar-refractivity contribution in [3.05, 3.63) is 72.1 Å². The van der Waals surface area contributed by atoms with Gasteiger partial charge in [-0.25, -0.2) is 0 Å². The lowest BCUT2D eigenvalue weighted by Gasteiger charge is -2.10. The van der Waals surface area contributed by atoms with Gasteiger partial charge in [-0.05, 0) is 28.1 Å². The van der Waals surface area contributed by atoms with Crippen LogP contribution in [0.2, 0.25) is 0 Å². The van der Waals surface area contributed by atoms with Crippen molar-refractivity contribution in [2.45, 2.75) is 12.5 Å². The van der Waals surface area contributed by atoms with E-state index < -0.39 is 6.10 Å². The van der Waals surface area contributed by atoms with Gasteiger partial charge in [0.1, 0.15) is 0 Å². The number of para-hydroxylation sites is 1. The van der Waals surface area contributed by atoms with Crippen LogP contribution in [0, 0.1) is 0 Å². The number of aliphatic hydroxyl groups excluding tert-OH is 1. The summed E-state index contributed by atoms with van der Waals surface area (Å²) in [6.07, 6.45) is -0.254. The van der Waals surface area contributed by atoms with Crippen molar-refractivity contribution >= 4 is 0 Å². The first kappa shape index (κ1) is 12.5. The molecular weight excluding hydrogens is 252 g/mol. The number of hydrogen-bond donors (Lipinski definition) is 1. The van der Waals surface area contributed by atoms with Gasteiger partial charge in [-0.3, -0.25) is 0 Å². The highest BCUT2D eigenvalue weighted by atomic mass is 16.3. The molecule has 0 aliphatic carbocycles. The minimum atomic E-state index is -0.621. The molecule has 3 aromatic rings. The predicted octanol–water partition coefficient (Wildman–Crippen LogP) is 1.94. The molecule has 1 aromatic heterocycles. The Balaban J connectivity index is 1.84. The first-order valence-electron chi connectivity index (χ1n) is 6.40. The number of tetrazole rings is 1. The van der Waals surface area contributed by atoms with Crippen LogP contribution in [-0.4, -0.2) is 25.3 Å². The number of nitrogens with zero attached hydrogens (tertiary/aromatic N) is 4. The van der Waals surface area contributed by atoms with Crippen LogP contribution in [0.15, 0.2) is 60.7 Å². The second kappa shape index (κ2) is 5.63. The van der Waals surface area contributed by atoms with E-state index in [0.29, 0.717) is 12.2 Å². The monoisotopic (exact) mass is 266 g/mol. The number of rotatable bonds is 4. The Bertz CT molecular complexity index is 667. The van der Waals surface area contributed by atoms with E-state index in [1.54, 1.807) is 4.68 Å². The van der Waals surface area contributed by atoms with Crippen molar-refractivity contribution in [1.82, 2.24) is 20.2 Å². The van der Waals surface area contributed by atoms with Crippen LogP contribution in [0.1, 0.15) is 17.5 Å². The molecule has 0 saturated heterocycles. The number of aromatic nitrogens is 4. The number of hydrogen-bond acceptors (Lipinski definition) is 4. The van der Waals surface area contributed by atoms with Gasteiger partial charge in [0.2, 0.25) is 0 Å². The highest BCUT2D eigenvalue weighted by molar-refractivity contribution is 5.30.